The van der Waals surface area contributed by atoms with Gasteiger partial charge in [-0.05, 0) is 50.3 Å². The molecule has 1 atom stereocenters. The highest BCUT2D eigenvalue weighted by atomic mass is 16.2. The third-order valence-electron chi connectivity index (χ3n) is 7.11. The molecule has 1 aliphatic carbocycles. The lowest BCUT2D eigenvalue weighted by Gasteiger charge is -2.51. The summed E-state index contributed by atoms with van der Waals surface area (Å²) in [6.07, 6.45) is 4.85. The quantitative estimate of drug-likeness (QED) is 0.903. The summed E-state index contributed by atoms with van der Waals surface area (Å²) in [6, 6.07) is 11.3. The summed E-state index contributed by atoms with van der Waals surface area (Å²) >= 11 is 0. The Morgan fingerprint density at radius 3 is 2.23 bits per heavy atom. The molecule has 0 spiro atoms. The first-order chi connectivity index (χ1) is 12.7. The standard InChI is InChI=1S/C21H30N4O/c26-20(22-21(8-9-21)18-4-2-1-3-5-18)25-14-12-24(13-15-25)19-16-23-10-6-17(19)7-11-23/h1-5,17,19H,6-16H2,(H,22,26). The highest BCUT2D eigenvalue weighted by molar-refractivity contribution is 5.76. The maximum absolute atomic E-state index is 12.8. The van der Waals surface area contributed by atoms with Crippen LogP contribution in [0.5, 0.6) is 0 Å². The van der Waals surface area contributed by atoms with Crippen LogP contribution in [0.2, 0.25) is 0 Å². The third-order valence-corrected chi connectivity index (χ3v) is 7.11. The molecule has 26 heavy (non-hydrogen) atoms. The number of fused-ring (bicyclic) bond motifs is 3. The lowest BCUT2D eigenvalue weighted by molar-refractivity contribution is -0.0105. The average molecular weight is 354 g/mol. The van der Waals surface area contributed by atoms with Crippen LogP contribution in [-0.2, 0) is 5.54 Å². The lowest BCUT2D eigenvalue weighted by Crippen LogP contribution is -2.62. The molecule has 2 bridgehead atoms. The SMILES string of the molecule is O=C(NC1(c2ccccc2)CC1)N1CCN(C2CN3CCC2CC3)CC1. The van der Waals surface area contributed by atoms with Crippen LogP contribution < -0.4 is 5.32 Å². The molecule has 1 unspecified atom stereocenters. The lowest BCUT2D eigenvalue weighted by atomic mass is 9.83. The minimum atomic E-state index is -0.106. The normalized spacial score (nSPS) is 33.1. The van der Waals surface area contributed by atoms with E-state index in [1.807, 2.05) is 11.0 Å². The Hall–Kier alpha value is -1.59. The fourth-order valence-corrected chi connectivity index (χ4v) is 5.26. The minimum absolute atomic E-state index is 0.106. The molecular formula is C21H30N4O. The number of rotatable bonds is 3. The van der Waals surface area contributed by atoms with Gasteiger partial charge in [0.15, 0.2) is 0 Å². The molecule has 5 nitrogen and oxygen atoms in total. The van der Waals surface area contributed by atoms with Crippen molar-refractivity contribution in [1.29, 1.82) is 0 Å². The van der Waals surface area contributed by atoms with Crippen molar-refractivity contribution in [3.05, 3.63) is 35.9 Å². The maximum atomic E-state index is 12.8. The number of amides is 2. The average Bonchev–Trinajstić information content (AvgIpc) is 3.50. The summed E-state index contributed by atoms with van der Waals surface area (Å²) < 4.78 is 0. The summed E-state index contributed by atoms with van der Waals surface area (Å²) in [6.45, 7) is 7.62. The number of nitrogens with one attached hydrogen (secondary N) is 1. The van der Waals surface area contributed by atoms with Crippen LogP contribution in [0.3, 0.4) is 0 Å². The van der Waals surface area contributed by atoms with Crippen molar-refractivity contribution in [3.63, 3.8) is 0 Å². The van der Waals surface area contributed by atoms with E-state index >= 15 is 0 Å². The molecule has 0 radical (unpaired) electrons. The van der Waals surface area contributed by atoms with Crippen molar-refractivity contribution in [1.82, 2.24) is 20.0 Å². The molecule has 2 amide bonds. The number of hydrogen-bond donors (Lipinski definition) is 1. The number of nitrogens with zero attached hydrogens (tertiary/aromatic N) is 3. The number of piperidine rings is 3. The van der Waals surface area contributed by atoms with Gasteiger partial charge in [0.05, 0.1) is 5.54 Å². The van der Waals surface area contributed by atoms with Crippen LogP contribution in [0.25, 0.3) is 0 Å². The Labute approximate surface area is 156 Å². The molecule has 0 aromatic heterocycles. The minimum Gasteiger partial charge on any atom is -0.328 e. The van der Waals surface area contributed by atoms with E-state index in [4.69, 9.17) is 0 Å². The van der Waals surface area contributed by atoms with E-state index in [1.165, 1.54) is 38.0 Å². The summed E-state index contributed by atoms with van der Waals surface area (Å²) in [4.78, 5) is 20.1. The van der Waals surface area contributed by atoms with Crippen molar-refractivity contribution in [3.8, 4) is 0 Å². The molecule has 5 fully saturated rings. The van der Waals surface area contributed by atoms with Crippen molar-refractivity contribution in [2.24, 2.45) is 5.92 Å². The highest BCUT2D eigenvalue weighted by Gasteiger charge is 2.46. The predicted octanol–water partition coefficient (Wildman–Crippen LogP) is 2.10. The molecule has 4 heterocycles. The number of urea groups is 1. The van der Waals surface area contributed by atoms with Gasteiger partial charge in [-0.1, -0.05) is 30.3 Å². The zero-order valence-corrected chi connectivity index (χ0v) is 15.6. The maximum Gasteiger partial charge on any atom is 0.318 e. The predicted molar refractivity (Wildman–Crippen MR) is 102 cm³/mol. The first kappa shape index (κ1) is 16.6. The van der Waals surface area contributed by atoms with E-state index in [9.17, 15) is 4.79 Å². The van der Waals surface area contributed by atoms with E-state index in [0.29, 0.717) is 0 Å². The Morgan fingerprint density at radius 1 is 0.962 bits per heavy atom. The summed E-state index contributed by atoms with van der Waals surface area (Å²) in [7, 11) is 0. The number of carbonyl (C=O) groups is 1. The summed E-state index contributed by atoms with van der Waals surface area (Å²) in [5, 5.41) is 3.34. The number of hydrogen-bond acceptors (Lipinski definition) is 3. The third kappa shape index (κ3) is 3.01. The Bertz CT molecular complexity index is 643. The Balaban J connectivity index is 1.16. The van der Waals surface area contributed by atoms with Gasteiger partial charge in [-0.15, -0.1) is 0 Å². The van der Waals surface area contributed by atoms with Crippen LogP contribution >= 0.6 is 0 Å². The molecule has 1 aromatic carbocycles. The van der Waals surface area contributed by atoms with Crippen molar-refractivity contribution in [2.75, 3.05) is 45.8 Å². The van der Waals surface area contributed by atoms with Gasteiger partial charge in [-0.2, -0.15) is 0 Å². The Kier molecular flexibility index (Phi) is 4.17. The summed E-state index contributed by atoms with van der Waals surface area (Å²) in [5.74, 6) is 0.883. The van der Waals surface area contributed by atoms with E-state index < -0.39 is 0 Å². The first-order valence-electron chi connectivity index (χ1n) is 10.3. The van der Waals surface area contributed by atoms with Gasteiger partial charge in [-0.3, -0.25) is 4.90 Å². The largest absolute Gasteiger partial charge is 0.328 e. The van der Waals surface area contributed by atoms with Crippen LogP contribution in [-0.4, -0.2) is 72.6 Å². The molecule has 1 aromatic rings. The molecule has 1 saturated carbocycles. The van der Waals surface area contributed by atoms with E-state index in [2.05, 4.69) is 39.4 Å². The molecule has 1 N–H and O–H groups in total. The van der Waals surface area contributed by atoms with Crippen LogP contribution in [0.4, 0.5) is 4.79 Å². The second-order valence-corrected chi connectivity index (χ2v) is 8.61. The topological polar surface area (TPSA) is 38.8 Å². The van der Waals surface area contributed by atoms with Gasteiger partial charge in [0.25, 0.3) is 0 Å². The van der Waals surface area contributed by atoms with Gasteiger partial charge in [-0.25, -0.2) is 4.79 Å². The number of carbonyl (C=O) groups excluding carboxylic acids is 1. The van der Waals surface area contributed by atoms with E-state index in [-0.39, 0.29) is 11.6 Å². The van der Waals surface area contributed by atoms with E-state index in [1.54, 1.807) is 0 Å². The molecule has 6 rings (SSSR count). The zero-order chi connectivity index (χ0) is 17.6. The second kappa shape index (κ2) is 6.54. The van der Waals surface area contributed by atoms with Crippen molar-refractivity contribution < 1.29 is 4.79 Å². The highest BCUT2D eigenvalue weighted by Crippen LogP contribution is 2.45. The van der Waals surface area contributed by atoms with Gasteiger partial charge in [0.1, 0.15) is 0 Å². The molecule has 140 valence electrons. The van der Waals surface area contributed by atoms with Crippen LogP contribution in [0.1, 0.15) is 31.2 Å². The van der Waals surface area contributed by atoms with Gasteiger partial charge in [0.2, 0.25) is 0 Å². The molecule has 4 aliphatic heterocycles. The molecule has 5 heteroatoms. The van der Waals surface area contributed by atoms with Crippen LogP contribution in [0, 0.1) is 5.92 Å². The number of piperazine rings is 1. The van der Waals surface area contributed by atoms with Crippen molar-refractivity contribution >= 4 is 6.03 Å². The molecule has 4 saturated heterocycles. The van der Waals surface area contributed by atoms with Gasteiger partial charge >= 0.3 is 6.03 Å². The van der Waals surface area contributed by atoms with Gasteiger partial charge in [0, 0.05) is 38.8 Å². The fraction of sp³-hybridized carbons (Fsp3) is 0.667. The first-order valence-corrected chi connectivity index (χ1v) is 10.3. The van der Waals surface area contributed by atoms with E-state index in [0.717, 1.165) is 51.0 Å². The monoisotopic (exact) mass is 354 g/mol. The zero-order valence-electron chi connectivity index (χ0n) is 15.6. The van der Waals surface area contributed by atoms with Crippen molar-refractivity contribution in [2.45, 2.75) is 37.3 Å². The second-order valence-electron chi connectivity index (χ2n) is 8.61. The summed E-state index contributed by atoms with van der Waals surface area (Å²) in [5.41, 5.74) is 1.14. The molecule has 5 aliphatic rings. The number of benzene rings is 1. The smallest absolute Gasteiger partial charge is 0.318 e. The molecular weight excluding hydrogens is 324 g/mol. The fourth-order valence-electron chi connectivity index (χ4n) is 5.26. The van der Waals surface area contributed by atoms with Gasteiger partial charge < -0.3 is 15.1 Å². The Morgan fingerprint density at radius 2 is 1.65 bits per heavy atom. The van der Waals surface area contributed by atoms with Crippen LogP contribution in [0.15, 0.2) is 30.3 Å².